The Morgan fingerprint density at radius 3 is 2.62 bits per heavy atom. The van der Waals surface area contributed by atoms with Crippen LogP contribution in [0.4, 0.5) is 5.69 Å². The van der Waals surface area contributed by atoms with E-state index in [1.54, 1.807) is 6.20 Å². The Morgan fingerprint density at radius 1 is 1.12 bits per heavy atom. The molecule has 7 heteroatoms. The average molecular weight is 467 g/mol. The average Bonchev–Trinajstić information content (AvgIpc) is 3.04. The number of halogens is 2. The normalized spacial score (nSPS) is 10.6. The van der Waals surface area contributed by atoms with Gasteiger partial charge in [-0.2, -0.15) is 0 Å². The number of hydrogen-bond acceptors (Lipinski definition) is 3. The molecule has 4 nitrogen and oxygen atoms in total. The van der Waals surface area contributed by atoms with Crippen molar-refractivity contribution in [3.05, 3.63) is 69.9 Å². The molecule has 0 saturated heterocycles. The molecule has 1 amide bonds. The largest absolute Gasteiger partial charge is 0.324 e. The number of aromatic nitrogens is 2. The smallest absolute Gasteiger partial charge is 0.234 e. The van der Waals surface area contributed by atoms with E-state index in [0.29, 0.717) is 0 Å². The predicted octanol–water partition coefficient (Wildman–Crippen LogP) is 5.13. The number of benzene rings is 2. The van der Waals surface area contributed by atoms with E-state index in [1.165, 1.54) is 11.8 Å². The Hall–Kier alpha value is -1.57. The molecular formula is C17H13Br2N3OS. The van der Waals surface area contributed by atoms with E-state index in [9.17, 15) is 4.79 Å². The number of hydrogen-bond donors (Lipinski definition) is 1. The number of rotatable bonds is 5. The van der Waals surface area contributed by atoms with E-state index in [-0.39, 0.29) is 11.7 Å². The molecule has 0 saturated carbocycles. The number of carbonyl (C=O) groups is 1. The van der Waals surface area contributed by atoms with Gasteiger partial charge in [-0.05, 0) is 52.3 Å². The van der Waals surface area contributed by atoms with Crippen molar-refractivity contribution < 1.29 is 4.79 Å². The highest BCUT2D eigenvalue weighted by molar-refractivity contribution is 9.10. The summed E-state index contributed by atoms with van der Waals surface area (Å²) in [5.74, 6) is 0.215. The number of nitrogens with one attached hydrogen (secondary N) is 1. The lowest BCUT2D eigenvalue weighted by Crippen LogP contribution is -2.14. The van der Waals surface area contributed by atoms with Crippen LogP contribution < -0.4 is 5.32 Å². The zero-order valence-electron chi connectivity index (χ0n) is 12.4. The van der Waals surface area contributed by atoms with Crippen LogP contribution in [0, 0.1) is 0 Å². The Kier molecular flexibility index (Phi) is 5.76. The molecule has 24 heavy (non-hydrogen) atoms. The molecule has 3 rings (SSSR count). The highest BCUT2D eigenvalue weighted by Crippen LogP contribution is 2.24. The first kappa shape index (κ1) is 17.3. The van der Waals surface area contributed by atoms with Gasteiger partial charge in [0, 0.05) is 27.0 Å². The van der Waals surface area contributed by atoms with Crippen molar-refractivity contribution >= 4 is 55.2 Å². The molecule has 0 aliphatic heterocycles. The van der Waals surface area contributed by atoms with Crippen molar-refractivity contribution in [2.24, 2.45) is 0 Å². The number of nitrogens with zero attached hydrogens (tertiary/aromatic N) is 2. The first-order valence-corrected chi connectivity index (χ1v) is 9.67. The molecule has 1 aromatic heterocycles. The maximum atomic E-state index is 12.2. The zero-order valence-corrected chi connectivity index (χ0v) is 16.4. The minimum absolute atomic E-state index is 0.0720. The number of para-hydroxylation sites is 1. The highest BCUT2D eigenvalue weighted by Gasteiger charge is 2.10. The van der Waals surface area contributed by atoms with Gasteiger partial charge in [0.25, 0.3) is 0 Å². The topological polar surface area (TPSA) is 46.9 Å². The van der Waals surface area contributed by atoms with Gasteiger partial charge in [0.15, 0.2) is 5.16 Å². The third-order valence-electron chi connectivity index (χ3n) is 3.19. The summed E-state index contributed by atoms with van der Waals surface area (Å²) in [6, 6.07) is 15.5. The lowest BCUT2D eigenvalue weighted by molar-refractivity contribution is -0.113. The van der Waals surface area contributed by atoms with Gasteiger partial charge in [0.2, 0.25) is 5.91 Å². The molecule has 122 valence electrons. The lowest BCUT2D eigenvalue weighted by atomic mass is 10.3. The van der Waals surface area contributed by atoms with Crippen LogP contribution in [0.3, 0.4) is 0 Å². The molecule has 3 aromatic rings. The van der Waals surface area contributed by atoms with Gasteiger partial charge in [-0.15, -0.1) is 0 Å². The van der Waals surface area contributed by atoms with E-state index < -0.39 is 0 Å². The summed E-state index contributed by atoms with van der Waals surface area (Å²) in [5, 5.41) is 3.67. The third-order valence-corrected chi connectivity index (χ3v) is 5.38. The van der Waals surface area contributed by atoms with Crippen LogP contribution in [0.2, 0.25) is 0 Å². The van der Waals surface area contributed by atoms with Crippen molar-refractivity contribution in [2.75, 3.05) is 11.1 Å². The van der Waals surface area contributed by atoms with Crippen molar-refractivity contribution in [3.63, 3.8) is 0 Å². The van der Waals surface area contributed by atoms with Crippen molar-refractivity contribution in [1.29, 1.82) is 0 Å². The van der Waals surface area contributed by atoms with Gasteiger partial charge in [-0.3, -0.25) is 9.36 Å². The maximum Gasteiger partial charge on any atom is 0.234 e. The van der Waals surface area contributed by atoms with E-state index in [1.807, 2.05) is 59.3 Å². The van der Waals surface area contributed by atoms with Gasteiger partial charge in [-0.1, -0.05) is 39.8 Å². The Bertz CT molecular complexity index is 849. The van der Waals surface area contributed by atoms with Gasteiger partial charge in [-0.25, -0.2) is 4.98 Å². The number of carbonyl (C=O) groups excluding carboxylic acids is 1. The number of thioether (sulfide) groups is 1. The molecule has 0 unspecified atom stereocenters. The molecule has 0 aliphatic rings. The fourth-order valence-corrected chi connectivity index (χ4v) is 3.50. The molecule has 0 bridgehead atoms. The quantitative estimate of drug-likeness (QED) is 0.530. The second-order valence-electron chi connectivity index (χ2n) is 4.87. The Labute approximate surface area is 160 Å². The molecule has 0 atom stereocenters. The minimum atomic E-state index is -0.0720. The standard InChI is InChI=1S/C17H13Br2N3OS/c18-12-5-7-13(8-6-12)22-10-9-20-17(22)24-11-16(23)21-15-4-2-1-3-14(15)19/h1-10H,11H2,(H,21,23). The molecule has 1 heterocycles. The molecule has 0 spiro atoms. The summed E-state index contributed by atoms with van der Waals surface area (Å²) in [5.41, 5.74) is 1.77. The fourth-order valence-electron chi connectivity index (χ4n) is 2.07. The van der Waals surface area contributed by atoms with E-state index in [2.05, 4.69) is 42.2 Å². The predicted molar refractivity (Wildman–Crippen MR) is 105 cm³/mol. The van der Waals surface area contributed by atoms with Gasteiger partial charge >= 0.3 is 0 Å². The second kappa shape index (κ2) is 8.00. The lowest BCUT2D eigenvalue weighted by Gasteiger charge is -2.09. The molecule has 1 N–H and O–H groups in total. The summed E-state index contributed by atoms with van der Waals surface area (Å²) < 4.78 is 3.84. The fraction of sp³-hybridized carbons (Fsp3) is 0.0588. The number of anilines is 1. The number of amides is 1. The van der Waals surface area contributed by atoms with Crippen LogP contribution in [0.1, 0.15) is 0 Å². The van der Waals surface area contributed by atoms with Crippen LogP contribution in [-0.2, 0) is 4.79 Å². The summed E-state index contributed by atoms with van der Waals surface area (Å²) in [4.78, 5) is 16.5. The van der Waals surface area contributed by atoms with Crippen molar-refractivity contribution in [1.82, 2.24) is 9.55 Å². The maximum absolute atomic E-state index is 12.2. The summed E-state index contributed by atoms with van der Waals surface area (Å²) >= 11 is 8.25. The van der Waals surface area contributed by atoms with Crippen LogP contribution in [0.5, 0.6) is 0 Å². The summed E-state index contributed by atoms with van der Waals surface area (Å²) in [6.45, 7) is 0. The van der Waals surface area contributed by atoms with Crippen molar-refractivity contribution in [2.45, 2.75) is 5.16 Å². The Morgan fingerprint density at radius 2 is 1.88 bits per heavy atom. The van der Waals surface area contributed by atoms with Crippen LogP contribution >= 0.6 is 43.6 Å². The van der Waals surface area contributed by atoms with Crippen LogP contribution in [0.15, 0.2) is 75.0 Å². The molecule has 2 aromatic carbocycles. The van der Waals surface area contributed by atoms with Gasteiger partial charge in [0.05, 0.1) is 11.4 Å². The highest BCUT2D eigenvalue weighted by atomic mass is 79.9. The second-order valence-corrected chi connectivity index (χ2v) is 7.59. The van der Waals surface area contributed by atoms with Gasteiger partial charge < -0.3 is 5.32 Å². The summed E-state index contributed by atoms with van der Waals surface area (Å²) in [6.07, 6.45) is 3.62. The molecule has 0 fully saturated rings. The monoisotopic (exact) mass is 465 g/mol. The van der Waals surface area contributed by atoms with E-state index in [0.717, 1.165) is 25.5 Å². The Balaban J connectivity index is 1.65. The first-order valence-electron chi connectivity index (χ1n) is 7.10. The summed E-state index contributed by atoms with van der Waals surface area (Å²) in [7, 11) is 0. The van der Waals surface area contributed by atoms with Crippen molar-refractivity contribution in [3.8, 4) is 5.69 Å². The number of imidazole rings is 1. The molecular weight excluding hydrogens is 454 g/mol. The molecule has 0 radical (unpaired) electrons. The SMILES string of the molecule is O=C(CSc1nccn1-c1ccc(Br)cc1)Nc1ccccc1Br. The van der Waals surface area contributed by atoms with Crippen LogP contribution in [-0.4, -0.2) is 21.2 Å². The minimum Gasteiger partial charge on any atom is -0.324 e. The van der Waals surface area contributed by atoms with E-state index in [4.69, 9.17) is 0 Å². The van der Waals surface area contributed by atoms with Gasteiger partial charge in [0.1, 0.15) is 0 Å². The third kappa shape index (κ3) is 4.28. The van der Waals surface area contributed by atoms with Crippen LogP contribution in [0.25, 0.3) is 5.69 Å². The first-order chi connectivity index (χ1) is 11.6. The zero-order chi connectivity index (χ0) is 16.9. The van der Waals surface area contributed by atoms with E-state index >= 15 is 0 Å². The molecule has 0 aliphatic carbocycles.